The number of carbonyl (C=O) groups is 1. The summed E-state index contributed by atoms with van der Waals surface area (Å²) >= 11 is 0. The fourth-order valence-electron chi connectivity index (χ4n) is 3.71. The van der Waals surface area contributed by atoms with Crippen LogP contribution in [-0.4, -0.2) is 66.7 Å². The molecule has 2 aliphatic heterocycles. The van der Waals surface area contributed by atoms with E-state index < -0.39 is 5.67 Å². The smallest absolute Gasteiger partial charge is 0.320 e. The topological polar surface area (TPSA) is 26.8 Å². The van der Waals surface area contributed by atoms with Crippen LogP contribution in [-0.2, 0) is 13.0 Å². The number of halogens is 2. The maximum atomic E-state index is 14.3. The first-order valence-corrected chi connectivity index (χ1v) is 9.51. The van der Waals surface area contributed by atoms with E-state index in [2.05, 4.69) is 12.1 Å². The van der Waals surface area contributed by atoms with Gasteiger partial charge in [-0.15, -0.1) is 0 Å². The summed E-state index contributed by atoms with van der Waals surface area (Å²) in [5.74, 6) is -0.178. The summed E-state index contributed by atoms with van der Waals surface area (Å²) in [5.41, 5.74) is 1.28. The predicted octanol–water partition coefficient (Wildman–Crippen LogP) is 3.58. The molecule has 0 N–H and O–H groups in total. The number of likely N-dealkylation sites (tertiary alicyclic amines) is 1. The zero-order chi connectivity index (χ0) is 20.1. The lowest BCUT2D eigenvalue weighted by atomic mass is 9.95. The SMILES string of the molecule is CN(C)CC1(F)CN(C(=O)N2CCc3ccccc3C2)C1.Fc1ccccc1. The van der Waals surface area contributed by atoms with Crippen LogP contribution >= 0.6 is 0 Å². The van der Waals surface area contributed by atoms with Crippen molar-refractivity contribution < 1.29 is 13.6 Å². The zero-order valence-corrected chi connectivity index (χ0v) is 16.4. The highest BCUT2D eigenvalue weighted by Gasteiger charge is 2.47. The molecule has 4 nitrogen and oxygen atoms in total. The molecule has 4 rings (SSSR count). The Morgan fingerprint density at radius 2 is 1.61 bits per heavy atom. The second kappa shape index (κ2) is 8.69. The highest BCUT2D eigenvalue weighted by atomic mass is 19.1. The van der Waals surface area contributed by atoms with Crippen LogP contribution in [0.15, 0.2) is 54.6 Å². The van der Waals surface area contributed by atoms with Crippen LogP contribution in [0.4, 0.5) is 13.6 Å². The number of nitrogens with zero attached hydrogens (tertiary/aromatic N) is 3. The number of amides is 2. The van der Waals surface area contributed by atoms with Gasteiger partial charge in [-0.05, 0) is 43.8 Å². The molecule has 0 aromatic heterocycles. The largest absolute Gasteiger partial charge is 0.320 e. The molecule has 0 spiro atoms. The molecule has 0 saturated carbocycles. The van der Waals surface area contributed by atoms with Crippen molar-refractivity contribution in [1.82, 2.24) is 14.7 Å². The lowest BCUT2D eigenvalue weighted by molar-refractivity contribution is -0.0307. The van der Waals surface area contributed by atoms with E-state index in [1.165, 1.54) is 23.3 Å². The maximum absolute atomic E-state index is 14.3. The number of hydrogen-bond donors (Lipinski definition) is 0. The van der Waals surface area contributed by atoms with E-state index >= 15 is 0 Å². The molecule has 0 radical (unpaired) electrons. The molecule has 6 heteroatoms. The Labute approximate surface area is 165 Å². The Bertz CT molecular complexity index is 791. The lowest BCUT2D eigenvalue weighted by Gasteiger charge is -2.47. The molecule has 2 aromatic carbocycles. The van der Waals surface area contributed by atoms with E-state index in [0.29, 0.717) is 13.1 Å². The maximum Gasteiger partial charge on any atom is 0.320 e. The Kier molecular flexibility index (Phi) is 6.29. The van der Waals surface area contributed by atoms with E-state index in [1.54, 1.807) is 23.1 Å². The fraction of sp³-hybridized carbons (Fsp3) is 0.409. The van der Waals surface area contributed by atoms with Gasteiger partial charge >= 0.3 is 6.03 Å². The van der Waals surface area contributed by atoms with Crippen molar-refractivity contribution in [3.8, 4) is 0 Å². The van der Waals surface area contributed by atoms with Crippen molar-refractivity contribution in [2.45, 2.75) is 18.6 Å². The summed E-state index contributed by atoms with van der Waals surface area (Å²) in [6.07, 6.45) is 0.883. The van der Waals surface area contributed by atoms with Gasteiger partial charge in [0.1, 0.15) is 5.82 Å². The van der Waals surface area contributed by atoms with Crippen LogP contribution < -0.4 is 0 Å². The Morgan fingerprint density at radius 1 is 1.00 bits per heavy atom. The van der Waals surface area contributed by atoms with Crippen molar-refractivity contribution in [2.24, 2.45) is 0 Å². The van der Waals surface area contributed by atoms with Gasteiger partial charge in [0.2, 0.25) is 0 Å². The number of benzene rings is 2. The summed E-state index contributed by atoms with van der Waals surface area (Å²) in [6, 6.07) is 16.1. The molecule has 2 aromatic rings. The quantitative estimate of drug-likeness (QED) is 0.788. The number of urea groups is 1. The van der Waals surface area contributed by atoms with E-state index in [9.17, 15) is 13.6 Å². The summed E-state index contributed by atoms with van der Waals surface area (Å²) in [4.78, 5) is 17.7. The molecule has 0 aliphatic carbocycles. The van der Waals surface area contributed by atoms with Crippen molar-refractivity contribution >= 4 is 6.03 Å². The summed E-state index contributed by atoms with van der Waals surface area (Å²) in [6.45, 7) is 2.15. The van der Waals surface area contributed by atoms with Gasteiger partial charge in [0.05, 0.1) is 13.1 Å². The molecule has 1 saturated heterocycles. The second-order valence-electron chi connectivity index (χ2n) is 7.76. The first-order chi connectivity index (χ1) is 13.4. The van der Waals surface area contributed by atoms with Crippen LogP contribution in [0.3, 0.4) is 0 Å². The normalized spacial score (nSPS) is 17.3. The molecule has 0 unspecified atom stereocenters. The minimum absolute atomic E-state index is 0.0310. The van der Waals surface area contributed by atoms with Crippen LogP contribution in [0, 0.1) is 5.82 Å². The van der Waals surface area contributed by atoms with Gasteiger partial charge in [-0.3, -0.25) is 0 Å². The standard InChI is InChI=1S/C16H22FN3O.C6H5F/c1-18(2)10-16(17)11-20(12-16)15(21)19-8-7-13-5-3-4-6-14(13)9-19;7-6-4-2-1-3-5-6/h3-6H,7-12H2,1-2H3;1-5H. The third kappa shape index (κ3) is 5.07. The Hall–Kier alpha value is -2.47. The summed E-state index contributed by atoms with van der Waals surface area (Å²) in [5, 5.41) is 0. The summed E-state index contributed by atoms with van der Waals surface area (Å²) < 4.78 is 26.2. The number of hydrogen-bond acceptors (Lipinski definition) is 2. The monoisotopic (exact) mass is 387 g/mol. The van der Waals surface area contributed by atoms with Crippen molar-refractivity contribution in [2.75, 3.05) is 40.3 Å². The van der Waals surface area contributed by atoms with Crippen LogP contribution in [0.1, 0.15) is 11.1 Å². The Morgan fingerprint density at radius 3 is 2.18 bits per heavy atom. The molecule has 2 heterocycles. The highest BCUT2D eigenvalue weighted by Crippen LogP contribution is 2.28. The summed E-state index contributed by atoms with van der Waals surface area (Å²) in [7, 11) is 3.71. The van der Waals surface area contributed by atoms with Crippen LogP contribution in [0.25, 0.3) is 0 Å². The Balaban J connectivity index is 0.000000271. The van der Waals surface area contributed by atoms with Crippen LogP contribution in [0.5, 0.6) is 0 Å². The molecule has 28 heavy (non-hydrogen) atoms. The highest BCUT2D eigenvalue weighted by molar-refractivity contribution is 5.76. The van der Waals surface area contributed by atoms with Gasteiger partial charge in [-0.2, -0.15) is 0 Å². The first-order valence-electron chi connectivity index (χ1n) is 9.51. The van der Waals surface area contributed by atoms with Crippen molar-refractivity contribution in [3.63, 3.8) is 0 Å². The molecule has 150 valence electrons. The average molecular weight is 387 g/mol. The molecular weight excluding hydrogens is 360 g/mol. The van der Waals surface area contributed by atoms with Gasteiger partial charge < -0.3 is 14.7 Å². The van der Waals surface area contributed by atoms with Crippen LogP contribution in [0.2, 0.25) is 0 Å². The average Bonchev–Trinajstić information content (AvgIpc) is 2.65. The molecular formula is C22H27F2N3O. The second-order valence-corrected chi connectivity index (χ2v) is 7.76. The van der Waals surface area contributed by atoms with Crippen molar-refractivity contribution in [3.05, 3.63) is 71.5 Å². The number of rotatable bonds is 2. The minimum atomic E-state index is -1.24. The predicted molar refractivity (Wildman–Crippen MR) is 106 cm³/mol. The van der Waals surface area contributed by atoms with Gasteiger partial charge in [0, 0.05) is 19.6 Å². The van der Waals surface area contributed by atoms with Gasteiger partial charge in [-0.25, -0.2) is 13.6 Å². The number of carbonyl (C=O) groups excluding carboxylic acids is 1. The molecule has 0 bridgehead atoms. The van der Waals surface area contributed by atoms with E-state index in [1.807, 2.05) is 36.0 Å². The molecule has 1 fully saturated rings. The molecule has 2 amide bonds. The van der Waals surface area contributed by atoms with Gasteiger partial charge in [-0.1, -0.05) is 42.5 Å². The van der Waals surface area contributed by atoms with E-state index in [-0.39, 0.29) is 24.9 Å². The first kappa shape index (κ1) is 20.3. The van der Waals surface area contributed by atoms with Gasteiger partial charge in [0.15, 0.2) is 5.67 Å². The van der Waals surface area contributed by atoms with E-state index in [4.69, 9.17) is 0 Å². The van der Waals surface area contributed by atoms with Crippen molar-refractivity contribution in [1.29, 1.82) is 0 Å². The number of alkyl halides is 1. The lowest BCUT2D eigenvalue weighted by Crippen LogP contribution is -2.66. The molecule has 2 aliphatic rings. The third-order valence-electron chi connectivity index (χ3n) is 4.95. The number of fused-ring (bicyclic) bond motifs is 1. The van der Waals surface area contributed by atoms with E-state index in [0.717, 1.165) is 13.0 Å². The minimum Gasteiger partial charge on any atom is -0.320 e. The van der Waals surface area contributed by atoms with Gasteiger partial charge in [0.25, 0.3) is 0 Å². The fourth-order valence-corrected chi connectivity index (χ4v) is 3.71. The molecule has 0 atom stereocenters. The third-order valence-corrected chi connectivity index (χ3v) is 4.95. The zero-order valence-electron chi connectivity index (χ0n) is 16.4.